The minimum atomic E-state index is -0.157. The SMILES string of the molecule is CNC(=O)c1ccnc2nc(-c3ccc(Br)s3)[nH]c12. The average molecular weight is 337 g/mol. The molecule has 2 N–H and O–H groups in total. The highest BCUT2D eigenvalue weighted by atomic mass is 79.9. The number of rotatable bonds is 2. The highest BCUT2D eigenvalue weighted by molar-refractivity contribution is 9.11. The summed E-state index contributed by atoms with van der Waals surface area (Å²) < 4.78 is 1.03. The van der Waals surface area contributed by atoms with Gasteiger partial charge in [-0.1, -0.05) is 0 Å². The van der Waals surface area contributed by atoms with Crippen molar-refractivity contribution in [3.05, 3.63) is 33.7 Å². The van der Waals surface area contributed by atoms with E-state index in [2.05, 4.69) is 36.2 Å². The summed E-state index contributed by atoms with van der Waals surface area (Å²) in [5.74, 6) is 0.560. The third-order valence-corrected chi connectivity index (χ3v) is 4.30. The number of carbonyl (C=O) groups excluding carboxylic acids is 1. The molecular formula is C12H9BrN4OS. The summed E-state index contributed by atoms with van der Waals surface area (Å²) >= 11 is 4.99. The van der Waals surface area contributed by atoms with Crippen molar-refractivity contribution < 1.29 is 4.79 Å². The molecule has 3 aromatic rings. The largest absolute Gasteiger partial charge is 0.355 e. The van der Waals surface area contributed by atoms with Gasteiger partial charge in [0.15, 0.2) is 11.5 Å². The third kappa shape index (κ3) is 2.15. The lowest BCUT2D eigenvalue weighted by atomic mass is 10.2. The van der Waals surface area contributed by atoms with Crippen molar-refractivity contribution in [1.82, 2.24) is 20.3 Å². The Morgan fingerprint density at radius 3 is 2.95 bits per heavy atom. The Kier molecular flexibility index (Phi) is 3.08. The van der Waals surface area contributed by atoms with Crippen molar-refractivity contribution >= 4 is 44.3 Å². The van der Waals surface area contributed by atoms with Gasteiger partial charge in [-0.25, -0.2) is 9.97 Å². The summed E-state index contributed by atoms with van der Waals surface area (Å²) in [6.07, 6.45) is 1.59. The number of thiophene rings is 1. The molecule has 0 aliphatic carbocycles. The van der Waals surface area contributed by atoms with Gasteiger partial charge in [0.2, 0.25) is 0 Å². The normalized spacial score (nSPS) is 10.8. The second-order valence-electron chi connectivity index (χ2n) is 3.83. The van der Waals surface area contributed by atoms with Gasteiger partial charge in [-0.05, 0) is 34.1 Å². The van der Waals surface area contributed by atoms with Crippen LogP contribution < -0.4 is 5.32 Å². The number of H-pyrrole nitrogens is 1. The molecule has 7 heteroatoms. The van der Waals surface area contributed by atoms with Crippen molar-refractivity contribution in [2.45, 2.75) is 0 Å². The third-order valence-electron chi connectivity index (χ3n) is 2.67. The number of halogens is 1. The van der Waals surface area contributed by atoms with Crippen LogP contribution in [0.4, 0.5) is 0 Å². The zero-order valence-electron chi connectivity index (χ0n) is 9.90. The van der Waals surface area contributed by atoms with E-state index in [4.69, 9.17) is 0 Å². The molecule has 0 fully saturated rings. The van der Waals surface area contributed by atoms with Crippen molar-refractivity contribution in [3.8, 4) is 10.7 Å². The van der Waals surface area contributed by atoms with E-state index in [1.54, 1.807) is 30.6 Å². The Labute approximate surface area is 121 Å². The quantitative estimate of drug-likeness (QED) is 0.755. The van der Waals surface area contributed by atoms with Crippen molar-refractivity contribution in [3.63, 3.8) is 0 Å². The molecule has 3 rings (SSSR count). The molecule has 0 unspecified atom stereocenters. The van der Waals surface area contributed by atoms with Gasteiger partial charge in [0.05, 0.1) is 19.7 Å². The number of hydrogen-bond acceptors (Lipinski definition) is 4. The number of carbonyl (C=O) groups is 1. The summed E-state index contributed by atoms with van der Waals surface area (Å²) in [6.45, 7) is 0. The molecule has 19 heavy (non-hydrogen) atoms. The van der Waals surface area contributed by atoms with Crippen LogP contribution in [0.5, 0.6) is 0 Å². The van der Waals surface area contributed by atoms with Gasteiger partial charge in [-0.2, -0.15) is 0 Å². The smallest absolute Gasteiger partial charge is 0.253 e. The maximum absolute atomic E-state index is 11.8. The van der Waals surface area contributed by atoms with Crippen molar-refractivity contribution in [2.24, 2.45) is 0 Å². The molecular weight excluding hydrogens is 328 g/mol. The molecule has 0 saturated carbocycles. The standard InChI is InChI=1S/C12H9BrN4OS/c1-14-12(18)6-4-5-15-11-9(6)16-10(17-11)7-2-3-8(13)19-7/h2-5H,1H3,(H,14,18)(H,15,16,17). The summed E-state index contributed by atoms with van der Waals surface area (Å²) in [5, 5.41) is 2.61. The second-order valence-corrected chi connectivity index (χ2v) is 6.29. The number of fused-ring (bicyclic) bond motifs is 1. The van der Waals surface area contributed by atoms with E-state index in [-0.39, 0.29) is 5.91 Å². The van der Waals surface area contributed by atoms with E-state index in [1.165, 1.54) is 0 Å². The van der Waals surface area contributed by atoms with Crippen LogP contribution in [0.15, 0.2) is 28.2 Å². The number of pyridine rings is 1. The Morgan fingerprint density at radius 2 is 2.26 bits per heavy atom. The summed E-state index contributed by atoms with van der Waals surface area (Å²) in [7, 11) is 1.60. The molecule has 3 heterocycles. The van der Waals surface area contributed by atoms with Crippen LogP contribution in [0.25, 0.3) is 21.9 Å². The minimum absolute atomic E-state index is 0.157. The number of imidazole rings is 1. The molecule has 0 aliphatic rings. The number of nitrogens with one attached hydrogen (secondary N) is 2. The number of amides is 1. The van der Waals surface area contributed by atoms with E-state index in [1.807, 2.05) is 12.1 Å². The summed E-state index contributed by atoms with van der Waals surface area (Å²) in [4.78, 5) is 24.5. The van der Waals surface area contributed by atoms with Gasteiger partial charge in [-0.15, -0.1) is 11.3 Å². The van der Waals surface area contributed by atoms with Crippen LogP contribution in [0.3, 0.4) is 0 Å². The predicted octanol–water partition coefficient (Wildman–Crippen LogP) is 2.81. The highest BCUT2D eigenvalue weighted by Gasteiger charge is 2.14. The van der Waals surface area contributed by atoms with Crippen LogP contribution in [0.1, 0.15) is 10.4 Å². The highest BCUT2D eigenvalue weighted by Crippen LogP contribution is 2.30. The van der Waals surface area contributed by atoms with Crippen molar-refractivity contribution in [1.29, 1.82) is 0 Å². The van der Waals surface area contributed by atoms with Crippen LogP contribution in [-0.4, -0.2) is 27.9 Å². The zero-order valence-corrected chi connectivity index (χ0v) is 12.3. The Balaban J connectivity index is 2.18. The molecule has 5 nitrogen and oxygen atoms in total. The van der Waals surface area contributed by atoms with Crippen LogP contribution in [-0.2, 0) is 0 Å². The fourth-order valence-corrected chi connectivity index (χ4v) is 3.12. The average Bonchev–Trinajstić information content (AvgIpc) is 3.02. The van der Waals surface area contributed by atoms with Crippen molar-refractivity contribution in [2.75, 3.05) is 7.05 Å². The van der Waals surface area contributed by atoms with Crippen LogP contribution in [0, 0.1) is 0 Å². The molecule has 0 radical (unpaired) electrons. The molecule has 0 bridgehead atoms. The monoisotopic (exact) mass is 336 g/mol. The first kappa shape index (κ1) is 12.3. The number of aromatic amines is 1. The van der Waals surface area contributed by atoms with Gasteiger partial charge in [0.25, 0.3) is 5.91 Å². The lowest BCUT2D eigenvalue weighted by Gasteiger charge is -1.99. The van der Waals surface area contributed by atoms with E-state index in [9.17, 15) is 4.79 Å². The van der Waals surface area contributed by atoms with Gasteiger partial charge in [0.1, 0.15) is 0 Å². The molecule has 0 saturated heterocycles. The fraction of sp³-hybridized carbons (Fsp3) is 0.0833. The van der Waals surface area contributed by atoms with E-state index in [0.29, 0.717) is 16.7 Å². The van der Waals surface area contributed by atoms with E-state index >= 15 is 0 Å². The molecule has 0 spiro atoms. The van der Waals surface area contributed by atoms with Crippen LogP contribution >= 0.6 is 27.3 Å². The molecule has 96 valence electrons. The van der Waals surface area contributed by atoms with E-state index in [0.717, 1.165) is 14.5 Å². The first-order chi connectivity index (χ1) is 9.19. The summed E-state index contributed by atoms with van der Waals surface area (Å²) in [6, 6.07) is 5.60. The molecule has 1 amide bonds. The lowest BCUT2D eigenvalue weighted by Crippen LogP contribution is -2.18. The molecule has 0 atom stereocenters. The zero-order chi connectivity index (χ0) is 13.4. The minimum Gasteiger partial charge on any atom is -0.355 e. The molecule has 0 aromatic carbocycles. The van der Waals surface area contributed by atoms with Gasteiger partial charge in [0, 0.05) is 13.2 Å². The fourth-order valence-electron chi connectivity index (χ4n) is 1.79. The lowest BCUT2D eigenvalue weighted by molar-refractivity contribution is 0.0964. The summed E-state index contributed by atoms with van der Waals surface area (Å²) in [5.41, 5.74) is 1.74. The van der Waals surface area contributed by atoms with Gasteiger partial charge >= 0.3 is 0 Å². The Bertz CT molecular complexity index is 764. The maximum atomic E-state index is 11.8. The second kappa shape index (κ2) is 4.75. The Hall–Kier alpha value is -1.73. The Morgan fingerprint density at radius 1 is 1.42 bits per heavy atom. The predicted molar refractivity (Wildman–Crippen MR) is 78.3 cm³/mol. The first-order valence-corrected chi connectivity index (χ1v) is 7.12. The topological polar surface area (TPSA) is 70.7 Å². The van der Waals surface area contributed by atoms with Gasteiger partial charge in [-0.3, -0.25) is 4.79 Å². The molecule has 0 aliphatic heterocycles. The maximum Gasteiger partial charge on any atom is 0.253 e. The number of hydrogen-bond donors (Lipinski definition) is 2. The molecule has 3 aromatic heterocycles. The van der Waals surface area contributed by atoms with Crippen LogP contribution in [0.2, 0.25) is 0 Å². The first-order valence-electron chi connectivity index (χ1n) is 5.51. The van der Waals surface area contributed by atoms with E-state index < -0.39 is 0 Å². The number of nitrogens with zero attached hydrogens (tertiary/aromatic N) is 2. The van der Waals surface area contributed by atoms with Gasteiger partial charge < -0.3 is 10.3 Å². The number of aromatic nitrogens is 3.